The van der Waals surface area contributed by atoms with Crippen LogP contribution in [-0.4, -0.2) is 58.9 Å². The van der Waals surface area contributed by atoms with Gasteiger partial charge in [0.25, 0.3) is 5.91 Å². The first-order chi connectivity index (χ1) is 13.5. The number of carbonyl (C=O) groups is 1. The predicted octanol–water partition coefficient (Wildman–Crippen LogP) is 3.45. The van der Waals surface area contributed by atoms with Gasteiger partial charge in [0.15, 0.2) is 10.8 Å². The molecule has 28 heavy (non-hydrogen) atoms. The van der Waals surface area contributed by atoms with E-state index in [2.05, 4.69) is 10.00 Å². The van der Waals surface area contributed by atoms with E-state index in [0.29, 0.717) is 23.8 Å². The highest BCUT2D eigenvalue weighted by molar-refractivity contribution is 7.22. The number of nitrogens with zero attached hydrogens (tertiary/aromatic N) is 5. The van der Waals surface area contributed by atoms with Gasteiger partial charge < -0.3 is 14.5 Å². The Hall–Kier alpha value is -2.32. The summed E-state index contributed by atoms with van der Waals surface area (Å²) in [6.07, 6.45) is 0. The molecule has 2 aromatic heterocycles. The standard InChI is InChI=1S/C19H22ClN5O2S/c1-4-25-12(2)11-14(22-25)18(26)23-7-9-24(10-8-23)19-21-16-15(27-3)6-5-13(20)17(16)28-19/h5-6,11H,4,7-10H2,1-3H3. The Morgan fingerprint density at radius 1 is 1.29 bits per heavy atom. The number of fused-ring (bicyclic) bond motifs is 1. The molecule has 0 bridgehead atoms. The van der Waals surface area contributed by atoms with Crippen LogP contribution in [0.4, 0.5) is 5.13 Å². The van der Waals surface area contributed by atoms with E-state index in [1.54, 1.807) is 18.4 Å². The molecule has 0 unspecified atom stereocenters. The molecule has 1 fully saturated rings. The molecule has 0 saturated carbocycles. The molecule has 0 N–H and O–H groups in total. The smallest absolute Gasteiger partial charge is 0.274 e. The highest BCUT2D eigenvalue weighted by atomic mass is 35.5. The molecule has 0 atom stereocenters. The van der Waals surface area contributed by atoms with E-state index < -0.39 is 0 Å². The van der Waals surface area contributed by atoms with Crippen LogP contribution < -0.4 is 9.64 Å². The second-order valence-electron chi connectivity index (χ2n) is 6.69. The molecule has 1 aromatic carbocycles. The van der Waals surface area contributed by atoms with Gasteiger partial charge in [-0.2, -0.15) is 5.10 Å². The Labute approximate surface area is 172 Å². The predicted molar refractivity (Wildman–Crippen MR) is 112 cm³/mol. The van der Waals surface area contributed by atoms with Crippen molar-refractivity contribution in [1.29, 1.82) is 0 Å². The highest BCUT2D eigenvalue weighted by Gasteiger charge is 2.26. The molecule has 9 heteroatoms. The fourth-order valence-corrected chi connectivity index (χ4v) is 4.75. The van der Waals surface area contributed by atoms with Crippen LogP contribution in [0.2, 0.25) is 5.02 Å². The molecule has 4 rings (SSSR count). The molecule has 3 aromatic rings. The van der Waals surface area contributed by atoms with Gasteiger partial charge >= 0.3 is 0 Å². The number of anilines is 1. The van der Waals surface area contributed by atoms with Crippen LogP contribution in [0.25, 0.3) is 10.2 Å². The number of benzene rings is 1. The van der Waals surface area contributed by atoms with E-state index >= 15 is 0 Å². The minimum atomic E-state index is -0.0102. The number of aromatic nitrogens is 3. The van der Waals surface area contributed by atoms with Crippen LogP contribution in [0.3, 0.4) is 0 Å². The summed E-state index contributed by atoms with van der Waals surface area (Å²) >= 11 is 7.89. The number of amides is 1. The number of piperazine rings is 1. The maximum atomic E-state index is 12.8. The van der Waals surface area contributed by atoms with Crippen molar-refractivity contribution in [3.8, 4) is 5.75 Å². The number of hydrogen-bond acceptors (Lipinski definition) is 6. The van der Waals surface area contributed by atoms with Crippen LogP contribution in [0.1, 0.15) is 23.1 Å². The number of rotatable bonds is 4. The van der Waals surface area contributed by atoms with Gasteiger partial charge in [-0.25, -0.2) is 4.98 Å². The minimum Gasteiger partial charge on any atom is -0.494 e. The fraction of sp³-hybridized carbons (Fsp3) is 0.421. The van der Waals surface area contributed by atoms with Crippen molar-refractivity contribution in [3.05, 3.63) is 34.6 Å². The van der Waals surface area contributed by atoms with Gasteiger partial charge in [0.2, 0.25) is 0 Å². The fourth-order valence-electron chi connectivity index (χ4n) is 3.44. The van der Waals surface area contributed by atoms with Crippen LogP contribution in [-0.2, 0) is 6.54 Å². The summed E-state index contributed by atoms with van der Waals surface area (Å²) < 4.78 is 8.18. The summed E-state index contributed by atoms with van der Waals surface area (Å²) in [5, 5.41) is 5.99. The van der Waals surface area contributed by atoms with Gasteiger partial charge in [-0.05, 0) is 32.0 Å². The minimum absolute atomic E-state index is 0.0102. The van der Waals surface area contributed by atoms with Crippen molar-refractivity contribution < 1.29 is 9.53 Å². The Morgan fingerprint density at radius 3 is 2.68 bits per heavy atom. The second kappa shape index (κ2) is 7.60. The summed E-state index contributed by atoms with van der Waals surface area (Å²) in [7, 11) is 1.63. The van der Waals surface area contributed by atoms with Crippen LogP contribution in [0, 0.1) is 6.92 Å². The van der Waals surface area contributed by atoms with Gasteiger partial charge in [-0.3, -0.25) is 9.48 Å². The van der Waals surface area contributed by atoms with E-state index in [0.717, 1.165) is 46.4 Å². The quantitative estimate of drug-likeness (QED) is 0.648. The lowest BCUT2D eigenvalue weighted by Crippen LogP contribution is -2.48. The highest BCUT2D eigenvalue weighted by Crippen LogP contribution is 2.38. The third-order valence-electron chi connectivity index (χ3n) is 5.00. The van der Waals surface area contributed by atoms with Crippen molar-refractivity contribution in [1.82, 2.24) is 19.7 Å². The lowest BCUT2D eigenvalue weighted by atomic mass is 10.2. The van der Waals surface area contributed by atoms with Gasteiger partial charge in [-0.1, -0.05) is 22.9 Å². The largest absolute Gasteiger partial charge is 0.494 e. The maximum absolute atomic E-state index is 12.8. The third kappa shape index (κ3) is 3.31. The first kappa shape index (κ1) is 19.0. The number of carbonyl (C=O) groups excluding carboxylic acids is 1. The molecule has 1 amide bonds. The molecule has 1 aliphatic heterocycles. The van der Waals surface area contributed by atoms with Crippen LogP contribution >= 0.6 is 22.9 Å². The number of methoxy groups -OCH3 is 1. The lowest BCUT2D eigenvalue weighted by Gasteiger charge is -2.34. The molecule has 0 aliphatic carbocycles. The van der Waals surface area contributed by atoms with Crippen molar-refractivity contribution >= 4 is 44.2 Å². The van der Waals surface area contributed by atoms with Gasteiger partial charge in [-0.15, -0.1) is 0 Å². The number of thiazole rings is 1. The second-order valence-corrected chi connectivity index (χ2v) is 8.07. The Morgan fingerprint density at radius 2 is 2.04 bits per heavy atom. The van der Waals surface area contributed by atoms with E-state index in [1.165, 1.54) is 0 Å². The number of aryl methyl sites for hydroxylation is 2. The lowest BCUT2D eigenvalue weighted by molar-refractivity contribution is 0.0740. The molecule has 1 saturated heterocycles. The topological polar surface area (TPSA) is 63.5 Å². The molecule has 0 radical (unpaired) electrons. The summed E-state index contributed by atoms with van der Waals surface area (Å²) in [6.45, 7) is 7.47. The number of ether oxygens (including phenoxy) is 1. The number of halogens is 1. The van der Waals surface area contributed by atoms with E-state index in [4.69, 9.17) is 21.3 Å². The Bertz CT molecular complexity index is 1020. The van der Waals surface area contributed by atoms with Crippen LogP contribution in [0.5, 0.6) is 5.75 Å². The summed E-state index contributed by atoms with van der Waals surface area (Å²) in [4.78, 5) is 21.6. The van der Waals surface area contributed by atoms with Gasteiger partial charge in [0.1, 0.15) is 11.3 Å². The SMILES string of the molecule is CCn1nc(C(=O)N2CCN(c3nc4c(OC)ccc(Cl)c4s3)CC2)cc1C. The summed E-state index contributed by atoms with van der Waals surface area (Å²) in [6, 6.07) is 5.53. The van der Waals surface area contributed by atoms with Crippen molar-refractivity contribution in [2.45, 2.75) is 20.4 Å². The van der Waals surface area contributed by atoms with Gasteiger partial charge in [0.05, 0.1) is 16.8 Å². The van der Waals surface area contributed by atoms with Gasteiger partial charge in [0, 0.05) is 38.4 Å². The van der Waals surface area contributed by atoms with Crippen molar-refractivity contribution in [3.63, 3.8) is 0 Å². The normalized spacial score (nSPS) is 14.7. The van der Waals surface area contributed by atoms with Crippen molar-refractivity contribution in [2.24, 2.45) is 0 Å². The average molecular weight is 420 g/mol. The van der Waals surface area contributed by atoms with E-state index in [1.807, 2.05) is 41.6 Å². The Kier molecular flexibility index (Phi) is 5.16. The molecule has 1 aliphatic rings. The molecular weight excluding hydrogens is 398 g/mol. The average Bonchev–Trinajstić information content (AvgIpc) is 3.32. The zero-order chi connectivity index (χ0) is 19.8. The number of hydrogen-bond donors (Lipinski definition) is 0. The summed E-state index contributed by atoms with van der Waals surface area (Å²) in [5.41, 5.74) is 2.31. The third-order valence-corrected chi connectivity index (χ3v) is 6.58. The molecule has 148 valence electrons. The monoisotopic (exact) mass is 419 g/mol. The molecule has 3 heterocycles. The zero-order valence-corrected chi connectivity index (χ0v) is 17.7. The van der Waals surface area contributed by atoms with E-state index in [9.17, 15) is 4.79 Å². The molecule has 0 spiro atoms. The molecular formula is C19H22ClN5O2S. The van der Waals surface area contributed by atoms with Crippen LogP contribution in [0.15, 0.2) is 18.2 Å². The molecule has 7 nitrogen and oxygen atoms in total. The Balaban J connectivity index is 1.49. The zero-order valence-electron chi connectivity index (χ0n) is 16.1. The first-order valence-electron chi connectivity index (χ1n) is 9.23. The van der Waals surface area contributed by atoms with E-state index in [-0.39, 0.29) is 5.91 Å². The summed E-state index contributed by atoms with van der Waals surface area (Å²) in [5.74, 6) is 0.710. The first-order valence-corrected chi connectivity index (χ1v) is 10.4. The maximum Gasteiger partial charge on any atom is 0.274 e. The van der Waals surface area contributed by atoms with Crippen molar-refractivity contribution in [2.75, 3.05) is 38.2 Å².